The second-order valence-electron chi connectivity index (χ2n) is 4.17. The molecule has 0 saturated carbocycles. The van der Waals surface area contributed by atoms with Crippen molar-refractivity contribution < 1.29 is 9.59 Å². The summed E-state index contributed by atoms with van der Waals surface area (Å²) in [5, 5.41) is 2.80. The zero-order valence-electron chi connectivity index (χ0n) is 10.3. The summed E-state index contributed by atoms with van der Waals surface area (Å²) in [4.78, 5) is 24.7. The van der Waals surface area contributed by atoms with Crippen molar-refractivity contribution in [1.82, 2.24) is 4.90 Å². The molecule has 1 aromatic rings. The van der Waals surface area contributed by atoms with Crippen LogP contribution in [0.1, 0.15) is 12.5 Å². The molecule has 0 atom stereocenters. The molecular weight excluding hydrogens is 248 g/mol. The number of thioether (sulfide) groups is 1. The molecular formula is C13H16N2O2S. The molecule has 2 rings (SSSR count). The zero-order chi connectivity index (χ0) is 13.0. The summed E-state index contributed by atoms with van der Waals surface area (Å²) in [7, 11) is 0. The molecule has 0 unspecified atom stereocenters. The monoisotopic (exact) mass is 264 g/mol. The normalized spacial score (nSPS) is 14.9. The number of aryl methyl sites for hydroxylation is 1. The van der Waals surface area contributed by atoms with Crippen molar-refractivity contribution in [3.8, 4) is 0 Å². The van der Waals surface area contributed by atoms with Crippen molar-refractivity contribution in [2.45, 2.75) is 13.3 Å². The van der Waals surface area contributed by atoms with Crippen LogP contribution in [0.2, 0.25) is 0 Å². The molecule has 18 heavy (non-hydrogen) atoms. The van der Waals surface area contributed by atoms with E-state index in [9.17, 15) is 9.59 Å². The van der Waals surface area contributed by atoms with Crippen molar-refractivity contribution in [3.63, 3.8) is 0 Å². The molecule has 1 aliphatic heterocycles. The van der Waals surface area contributed by atoms with Crippen LogP contribution in [0.4, 0.5) is 5.69 Å². The minimum Gasteiger partial charge on any atom is -0.325 e. The number of nitrogens with one attached hydrogen (secondary N) is 1. The Hall–Kier alpha value is -1.49. The van der Waals surface area contributed by atoms with Gasteiger partial charge in [0, 0.05) is 5.69 Å². The highest BCUT2D eigenvalue weighted by Gasteiger charge is 2.22. The predicted molar refractivity (Wildman–Crippen MR) is 73.5 cm³/mol. The highest BCUT2D eigenvalue weighted by atomic mass is 32.2. The van der Waals surface area contributed by atoms with Gasteiger partial charge in [-0.15, -0.1) is 11.8 Å². The minimum atomic E-state index is -0.143. The van der Waals surface area contributed by atoms with Gasteiger partial charge in [-0.1, -0.05) is 19.1 Å². The summed E-state index contributed by atoms with van der Waals surface area (Å²) in [6.45, 7) is 2.23. The average molecular weight is 264 g/mol. The third-order valence-electron chi connectivity index (χ3n) is 2.81. The molecule has 0 radical (unpaired) electrons. The van der Waals surface area contributed by atoms with Crippen LogP contribution in [-0.4, -0.2) is 34.9 Å². The Morgan fingerprint density at radius 3 is 2.67 bits per heavy atom. The smallest absolute Gasteiger partial charge is 0.244 e. The summed E-state index contributed by atoms with van der Waals surface area (Å²) in [5.74, 6) is 0.992. The summed E-state index contributed by atoms with van der Waals surface area (Å²) >= 11 is 1.54. The number of amides is 2. The highest BCUT2D eigenvalue weighted by molar-refractivity contribution is 8.00. The fourth-order valence-electron chi connectivity index (χ4n) is 1.74. The van der Waals surface area contributed by atoms with Crippen molar-refractivity contribution in [3.05, 3.63) is 29.8 Å². The van der Waals surface area contributed by atoms with Gasteiger partial charge in [0.2, 0.25) is 11.8 Å². The lowest BCUT2D eigenvalue weighted by atomic mass is 10.1. The SMILES string of the molecule is CCc1ccc(NC(=O)CN2CSCC2=O)cc1. The molecule has 0 bridgehead atoms. The number of anilines is 1. The molecule has 1 N–H and O–H groups in total. The molecule has 1 saturated heterocycles. The number of nitrogens with zero attached hydrogens (tertiary/aromatic N) is 1. The van der Waals surface area contributed by atoms with E-state index in [0.717, 1.165) is 12.1 Å². The largest absolute Gasteiger partial charge is 0.325 e. The van der Waals surface area contributed by atoms with Crippen LogP contribution in [0.25, 0.3) is 0 Å². The maximum absolute atomic E-state index is 11.8. The van der Waals surface area contributed by atoms with Crippen LogP contribution in [-0.2, 0) is 16.0 Å². The van der Waals surface area contributed by atoms with Crippen LogP contribution in [0.3, 0.4) is 0 Å². The quantitative estimate of drug-likeness (QED) is 0.901. The van der Waals surface area contributed by atoms with Gasteiger partial charge in [0.25, 0.3) is 0 Å². The maximum atomic E-state index is 11.8. The molecule has 1 fully saturated rings. The maximum Gasteiger partial charge on any atom is 0.244 e. The van der Waals surface area contributed by atoms with Gasteiger partial charge in [-0.3, -0.25) is 9.59 Å². The van der Waals surface area contributed by atoms with E-state index in [1.54, 1.807) is 4.90 Å². The van der Waals surface area contributed by atoms with Crippen molar-refractivity contribution >= 4 is 29.3 Å². The molecule has 2 amide bonds. The van der Waals surface area contributed by atoms with E-state index in [0.29, 0.717) is 11.6 Å². The topological polar surface area (TPSA) is 49.4 Å². The van der Waals surface area contributed by atoms with E-state index in [1.165, 1.54) is 17.3 Å². The van der Waals surface area contributed by atoms with Crippen molar-refractivity contribution in [2.24, 2.45) is 0 Å². The number of rotatable bonds is 4. The third-order valence-corrected chi connectivity index (χ3v) is 3.75. The van der Waals surface area contributed by atoms with Gasteiger partial charge in [0.15, 0.2) is 0 Å². The summed E-state index contributed by atoms with van der Waals surface area (Å²) in [6.07, 6.45) is 0.980. The first-order valence-corrected chi connectivity index (χ1v) is 7.09. The fourth-order valence-corrected chi connectivity index (χ4v) is 2.64. The Balaban J connectivity index is 1.88. The predicted octanol–water partition coefficient (Wildman–Crippen LogP) is 1.72. The lowest BCUT2D eigenvalue weighted by Gasteiger charge is -2.14. The van der Waals surface area contributed by atoms with E-state index >= 15 is 0 Å². The minimum absolute atomic E-state index is 0.0384. The van der Waals surface area contributed by atoms with Crippen molar-refractivity contribution in [1.29, 1.82) is 0 Å². The Morgan fingerprint density at radius 2 is 2.11 bits per heavy atom. The summed E-state index contributed by atoms with van der Waals surface area (Å²) in [5.41, 5.74) is 2.01. The molecule has 1 aliphatic rings. The van der Waals surface area contributed by atoms with Crippen LogP contribution >= 0.6 is 11.8 Å². The first-order valence-electron chi connectivity index (χ1n) is 5.93. The van der Waals surface area contributed by atoms with Crippen LogP contribution in [0.15, 0.2) is 24.3 Å². The number of benzene rings is 1. The third kappa shape index (κ3) is 3.26. The first-order chi connectivity index (χ1) is 8.69. The molecule has 5 heteroatoms. The van der Waals surface area contributed by atoms with Crippen molar-refractivity contribution in [2.75, 3.05) is 23.5 Å². The number of carbonyl (C=O) groups is 2. The lowest BCUT2D eigenvalue weighted by Crippen LogP contribution is -2.34. The standard InChI is InChI=1S/C13H16N2O2S/c1-2-10-3-5-11(6-4-10)14-12(16)7-15-9-18-8-13(15)17/h3-6H,2,7-9H2,1H3,(H,14,16). The second kappa shape index (κ2) is 5.91. The molecule has 96 valence electrons. The van der Waals surface area contributed by atoms with Gasteiger partial charge >= 0.3 is 0 Å². The molecule has 4 nitrogen and oxygen atoms in total. The second-order valence-corrected chi connectivity index (χ2v) is 5.12. The Morgan fingerprint density at radius 1 is 1.39 bits per heavy atom. The Bertz CT molecular complexity index is 445. The van der Waals surface area contributed by atoms with E-state index in [4.69, 9.17) is 0 Å². The molecule has 1 aromatic carbocycles. The van der Waals surface area contributed by atoms with Gasteiger partial charge < -0.3 is 10.2 Å². The van der Waals surface area contributed by atoms with E-state index in [-0.39, 0.29) is 18.4 Å². The molecule has 0 aliphatic carbocycles. The lowest BCUT2D eigenvalue weighted by molar-refractivity contribution is -0.130. The van der Waals surface area contributed by atoms with Crippen LogP contribution < -0.4 is 5.32 Å². The number of hydrogen-bond acceptors (Lipinski definition) is 3. The average Bonchev–Trinajstić information content (AvgIpc) is 2.76. The van der Waals surface area contributed by atoms with E-state index < -0.39 is 0 Å². The Labute approximate surface area is 111 Å². The Kier molecular flexibility index (Phi) is 4.25. The molecule has 0 spiro atoms. The fraction of sp³-hybridized carbons (Fsp3) is 0.385. The zero-order valence-corrected chi connectivity index (χ0v) is 11.1. The molecule has 0 aromatic heterocycles. The van der Waals surface area contributed by atoms with Crippen LogP contribution in [0, 0.1) is 0 Å². The molecule has 1 heterocycles. The summed E-state index contributed by atoms with van der Waals surface area (Å²) in [6, 6.07) is 7.76. The van der Waals surface area contributed by atoms with Gasteiger partial charge in [0.1, 0.15) is 6.54 Å². The van der Waals surface area contributed by atoms with Gasteiger partial charge in [-0.25, -0.2) is 0 Å². The number of hydrogen-bond donors (Lipinski definition) is 1. The van der Waals surface area contributed by atoms with Gasteiger partial charge in [-0.05, 0) is 24.1 Å². The number of carbonyl (C=O) groups excluding carboxylic acids is 2. The van der Waals surface area contributed by atoms with Gasteiger partial charge in [0.05, 0.1) is 11.6 Å². The highest BCUT2D eigenvalue weighted by Crippen LogP contribution is 2.15. The van der Waals surface area contributed by atoms with E-state index in [2.05, 4.69) is 12.2 Å². The first kappa shape index (κ1) is 13.0. The van der Waals surface area contributed by atoms with E-state index in [1.807, 2.05) is 24.3 Å². The van der Waals surface area contributed by atoms with Crippen LogP contribution in [0.5, 0.6) is 0 Å². The van der Waals surface area contributed by atoms with Gasteiger partial charge in [-0.2, -0.15) is 0 Å². The summed E-state index contributed by atoms with van der Waals surface area (Å²) < 4.78 is 0.